The highest BCUT2D eigenvalue weighted by Gasteiger charge is 2.10. The molecule has 0 saturated carbocycles. The lowest BCUT2D eigenvalue weighted by atomic mass is 10.4. The second-order valence-corrected chi connectivity index (χ2v) is 4.36. The monoisotopic (exact) mass is 174 g/mol. The molecule has 1 rings (SSSR count). The Bertz CT molecular complexity index is 108. The summed E-state index contributed by atoms with van der Waals surface area (Å²) in [6, 6.07) is 0. The average molecular weight is 174 g/mol. The van der Waals surface area contributed by atoms with Crippen molar-refractivity contribution in [2.75, 3.05) is 39.0 Å². The third kappa shape index (κ3) is 3.45. The topological polar surface area (TPSA) is 6.48 Å². The Morgan fingerprint density at radius 3 is 2.73 bits per heavy atom. The highest BCUT2D eigenvalue weighted by molar-refractivity contribution is 7.96. The van der Waals surface area contributed by atoms with Crippen LogP contribution in [0.15, 0.2) is 0 Å². The molecule has 0 radical (unpaired) electrons. The lowest BCUT2D eigenvalue weighted by Gasteiger charge is -2.17. The molecule has 0 N–H and O–H groups in total. The van der Waals surface area contributed by atoms with E-state index in [0.29, 0.717) is 0 Å². The molecule has 0 aromatic rings. The van der Waals surface area contributed by atoms with E-state index in [1.54, 1.807) is 0 Å². The van der Waals surface area contributed by atoms with Gasteiger partial charge in [0.05, 0.1) is 0 Å². The summed E-state index contributed by atoms with van der Waals surface area (Å²) in [6.07, 6.45) is 1.32. The largest absolute Gasteiger partial charge is 0.305 e. The minimum Gasteiger partial charge on any atom is -0.305 e. The predicted octanol–water partition coefficient (Wildman–Crippen LogP) is 1.29. The zero-order valence-corrected chi connectivity index (χ0v) is 8.36. The predicted molar refractivity (Wildman–Crippen MR) is 51.8 cm³/mol. The van der Waals surface area contributed by atoms with Crippen molar-refractivity contribution in [1.82, 2.24) is 9.21 Å². The Kier molecular flexibility index (Phi) is 4.26. The third-order valence-electron chi connectivity index (χ3n) is 1.99. The van der Waals surface area contributed by atoms with Crippen LogP contribution >= 0.6 is 11.9 Å². The fourth-order valence-corrected chi connectivity index (χ4v) is 2.17. The molecular formula is C8H18N2S. The van der Waals surface area contributed by atoms with E-state index in [9.17, 15) is 0 Å². The summed E-state index contributed by atoms with van der Waals surface area (Å²) in [5, 5.41) is 0. The average Bonchev–Trinajstić information content (AvgIpc) is 2.17. The Morgan fingerprint density at radius 1 is 1.18 bits per heavy atom. The summed E-state index contributed by atoms with van der Waals surface area (Å²) in [5.41, 5.74) is 0. The van der Waals surface area contributed by atoms with Gasteiger partial charge in [-0.3, -0.25) is 0 Å². The van der Waals surface area contributed by atoms with Gasteiger partial charge in [0.1, 0.15) is 0 Å². The summed E-state index contributed by atoms with van der Waals surface area (Å²) >= 11 is 1.97. The van der Waals surface area contributed by atoms with Gasteiger partial charge in [-0.1, -0.05) is 18.9 Å². The summed E-state index contributed by atoms with van der Waals surface area (Å²) in [4.78, 5) is 2.41. The van der Waals surface area contributed by atoms with Crippen molar-refractivity contribution in [3.05, 3.63) is 0 Å². The number of nitrogens with zero attached hydrogens (tertiary/aromatic N) is 2. The Labute approximate surface area is 74.1 Å². The highest BCUT2D eigenvalue weighted by atomic mass is 32.2. The molecule has 1 saturated heterocycles. The molecule has 2 nitrogen and oxygen atoms in total. The van der Waals surface area contributed by atoms with Crippen molar-refractivity contribution in [1.29, 1.82) is 0 Å². The van der Waals surface area contributed by atoms with Crippen LogP contribution in [0.5, 0.6) is 0 Å². The van der Waals surface area contributed by atoms with E-state index >= 15 is 0 Å². The van der Waals surface area contributed by atoms with Gasteiger partial charge in [0.2, 0.25) is 0 Å². The van der Waals surface area contributed by atoms with E-state index in [-0.39, 0.29) is 0 Å². The fraction of sp³-hybridized carbons (Fsp3) is 1.00. The van der Waals surface area contributed by atoms with E-state index in [1.807, 2.05) is 11.9 Å². The second-order valence-electron chi connectivity index (χ2n) is 3.00. The van der Waals surface area contributed by atoms with Crippen LogP contribution in [-0.4, -0.2) is 48.2 Å². The normalized spacial score (nSPS) is 23.5. The molecule has 0 aromatic carbocycles. The van der Waals surface area contributed by atoms with Gasteiger partial charge in [-0.15, -0.1) is 0 Å². The lowest BCUT2D eigenvalue weighted by molar-refractivity contribution is 0.351. The van der Waals surface area contributed by atoms with Crippen LogP contribution in [0.1, 0.15) is 13.3 Å². The molecule has 0 atom stereocenters. The van der Waals surface area contributed by atoms with E-state index in [1.165, 1.54) is 38.4 Å². The molecule has 1 fully saturated rings. The molecule has 0 aliphatic carbocycles. The molecule has 11 heavy (non-hydrogen) atoms. The maximum atomic E-state index is 2.49. The van der Waals surface area contributed by atoms with Gasteiger partial charge in [-0.2, -0.15) is 0 Å². The first kappa shape index (κ1) is 9.36. The SMILES string of the molecule is CCSN1CCCN(C)CC1. The minimum atomic E-state index is 1.21. The van der Waals surface area contributed by atoms with Crippen LogP contribution in [0.4, 0.5) is 0 Å². The van der Waals surface area contributed by atoms with Crippen molar-refractivity contribution >= 4 is 11.9 Å². The van der Waals surface area contributed by atoms with Crippen molar-refractivity contribution in [2.24, 2.45) is 0 Å². The molecule has 0 spiro atoms. The molecule has 66 valence electrons. The van der Waals surface area contributed by atoms with Crippen LogP contribution in [0, 0.1) is 0 Å². The quantitative estimate of drug-likeness (QED) is 0.583. The summed E-state index contributed by atoms with van der Waals surface area (Å²) in [6.45, 7) is 7.21. The number of likely N-dealkylation sites (N-methyl/N-ethyl adjacent to an activating group) is 1. The Morgan fingerprint density at radius 2 is 2.00 bits per heavy atom. The highest BCUT2D eigenvalue weighted by Crippen LogP contribution is 2.11. The van der Waals surface area contributed by atoms with Crippen molar-refractivity contribution in [2.45, 2.75) is 13.3 Å². The van der Waals surface area contributed by atoms with E-state index in [2.05, 4.69) is 23.2 Å². The number of rotatable bonds is 2. The van der Waals surface area contributed by atoms with Crippen molar-refractivity contribution in [3.63, 3.8) is 0 Å². The first-order chi connectivity index (χ1) is 5.33. The van der Waals surface area contributed by atoms with Crippen molar-refractivity contribution < 1.29 is 0 Å². The van der Waals surface area contributed by atoms with Crippen LogP contribution in [0.25, 0.3) is 0 Å². The maximum Gasteiger partial charge on any atom is 0.0217 e. The first-order valence-corrected chi connectivity index (χ1v) is 5.33. The van der Waals surface area contributed by atoms with Gasteiger partial charge in [-0.05, 0) is 20.0 Å². The maximum absolute atomic E-state index is 2.49. The van der Waals surface area contributed by atoms with Crippen LogP contribution in [0.2, 0.25) is 0 Å². The second kappa shape index (κ2) is 5.01. The number of hydrogen-bond acceptors (Lipinski definition) is 3. The molecule has 1 heterocycles. The van der Waals surface area contributed by atoms with Crippen molar-refractivity contribution in [3.8, 4) is 0 Å². The van der Waals surface area contributed by atoms with Gasteiger partial charge in [0.15, 0.2) is 0 Å². The lowest BCUT2D eigenvalue weighted by Crippen LogP contribution is -2.24. The zero-order valence-electron chi connectivity index (χ0n) is 7.55. The minimum absolute atomic E-state index is 1.21. The summed E-state index contributed by atoms with van der Waals surface area (Å²) in [7, 11) is 2.21. The Balaban J connectivity index is 2.22. The molecule has 1 aliphatic heterocycles. The molecule has 3 heteroatoms. The number of hydrogen-bond donors (Lipinski definition) is 0. The molecular weight excluding hydrogens is 156 g/mol. The standard InChI is InChI=1S/C8H18N2S/c1-3-11-10-6-4-5-9(2)7-8-10/h3-8H2,1-2H3. The summed E-state index contributed by atoms with van der Waals surface area (Å²) in [5.74, 6) is 1.21. The molecule has 0 aromatic heterocycles. The zero-order chi connectivity index (χ0) is 8.10. The fourth-order valence-electron chi connectivity index (χ4n) is 1.33. The van der Waals surface area contributed by atoms with E-state index in [0.717, 1.165) is 0 Å². The van der Waals surface area contributed by atoms with Crippen LogP contribution < -0.4 is 0 Å². The molecule has 0 unspecified atom stereocenters. The smallest absolute Gasteiger partial charge is 0.0217 e. The van der Waals surface area contributed by atoms with Gasteiger partial charge in [-0.25, -0.2) is 4.31 Å². The summed E-state index contributed by atoms with van der Waals surface area (Å²) < 4.78 is 2.49. The van der Waals surface area contributed by atoms with E-state index < -0.39 is 0 Å². The Hall–Kier alpha value is 0.270. The molecule has 0 amide bonds. The molecule has 0 bridgehead atoms. The first-order valence-electron chi connectivity index (χ1n) is 4.39. The van der Waals surface area contributed by atoms with E-state index in [4.69, 9.17) is 0 Å². The van der Waals surface area contributed by atoms with Crippen LogP contribution in [0.3, 0.4) is 0 Å². The van der Waals surface area contributed by atoms with Gasteiger partial charge in [0.25, 0.3) is 0 Å². The third-order valence-corrected chi connectivity index (χ3v) is 2.98. The molecule has 1 aliphatic rings. The van der Waals surface area contributed by atoms with Gasteiger partial charge < -0.3 is 4.90 Å². The van der Waals surface area contributed by atoms with Crippen LogP contribution in [-0.2, 0) is 0 Å². The van der Waals surface area contributed by atoms with Gasteiger partial charge >= 0.3 is 0 Å². The van der Waals surface area contributed by atoms with Gasteiger partial charge in [0, 0.05) is 25.4 Å².